The van der Waals surface area contributed by atoms with E-state index in [-0.39, 0.29) is 11.9 Å². The van der Waals surface area contributed by atoms with Crippen LogP contribution in [-0.2, 0) is 17.9 Å². The molecule has 1 unspecified atom stereocenters. The largest absolute Gasteiger partial charge is 0.334 e. The predicted octanol–water partition coefficient (Wildman–Crippen LogP) is 3.30. The highest BCUT2D eigenvalue weighted by Gasteiger charge is 2.23. The summed E-state index contributed by atoms with van der Waals surface area (Å²) in [7, 11) is 0. The Bertz CT molecular complexity index is 691. The van der Waals surface area contributed by atoms with Crippen LogP contribution in [0.2, 0.25) is 0 Å². The second-order valence-corrected chi connectivity index (χ2v) is 6.02. The molecule has 0 aliphatic carbocycles. The summed E-state index contributed by atoms with van der Waals surface area (Å²) in [5.41, 5.74) is 12.3. The first-order valence-corrected chi connectivity index (χ1v) is 7.80. The van der Waals surface area contributed by atoms with E-state index in [9.17, 15) is 4.79 Å². The molecule has 114 valence electrons. The minimum atomic E-state index is -0.123. The van der Waals surface area contributed by atoms with Crippen LogP contribution >= 0.6 is 0 Å². The molecule has 3 nitrogen and oxygen atoms in total. The predicted molar refractivity (Wildman–Crippen MR) is 88.2 cm³/mol. The Balaban J connectivity index is 1.83. The van der Waals surface area contributed by atoms with Crippen molar-refractivity contribution >= 4 is 5.91 Å². The highest BCUT2D eigenvalue weighted by atomic mass is 16.2. The van der Waals surface area contributed by atoms with Gasteiger partial charge in [-0.2, -0.15) is 0 Å². The van der Waals surface area contributed by atoms with E-state index in [2.05, 4.69) is 49.4 Å². The molecule has 0 spiro atoms. The maximum absolute atomic E-state index is 11.9. The highest BCUT2D eigenvalue weighted by Crippen LogP contribution is 2.28. The van der Waals surface area contributed by atoms with Crippen molar-refractivity contribution in [3.05, 3.63) is 70.3 Å². The Kier molecular flexibility index (Phi) is 3.99. The molecular weight excluding hydrogens is 272 g/mol. The summed E-state index contributed by atoms with van der Waals surface area (Å²) in [6, 6.07) is 14.6. The fraction of sp³-hybridized carbons (Fsp3) is 0.316. The molecule has 0 saturated carbocycles. The fourth-order valence-corrected chi connectivity index (χ4v) is 2.97. The van der Waals surface area contributed by atoms with E-state index in [0.717, 1.165) is 17.7 Å². The lowest BCUT2D eigenvalue weighted by molar-refractivity contribution is -0.131. The number of nitrogens with two attached hydrogens (primary N) is 1. The molecule has 1 aliphatic heterocycles. The third-order valence-corrected chi connectivity index (χ3v) is 4.40. The quantitative estimate of drug-likeness (QED) is 0.944. The number of amides is 1. The number of benzene rings is 2. The molecule has 2 aromatic rings. The SMILES string of the molecule is CCC(=O)N1Cc2ccc(C(N)c3ccc(C)cc3)cc2C1. The summed E-state index contributed by atoms with van der Waals surface area (Å²) >= 11 is 0. The van der Waals surface area contributed by atoms with Gasteiger partial charge in [-0.15, -0.1) is 0 Å². The number of aryl methyl sites for hydroxylation is 1. The molecule has 1 amide bonds. The zero-order chi connectivity index (χ0) is 15.7. The molecule has 22 heavy (non-hydrogen) atoms. The van der Waals surface area contributed by atoms with E-state index >= 15 is 0 Å². The summed E-state index contributed by atoms with van der Waals surface area (Å²) in [4.78, 5) is 13.8. The molecule has 3 heteroatoms. The number of hydrogen-bond donors (Lipinski definition) is 1. The van der Waals surface area contributed by atoms with Crippen molar-refractivity contribution in [2.24, 2.45) is 5.73 Å². The molecule has 0 bridgehead atoms. The van der Waals surface area contributed by atoms with Gasteiger partial charge in [0.1, 0.15) is 0 Å². The van der Waals surface area contributed by atoms with Gasteiger partial charge in [-0.3, -0.25) is 4.79 Å². The third-order valence-electron chi connectivity index (χ3n) is 4.40. The van der Waals surface area contributed by atoms with Gasteiger partial charge < -0.3 is 10.6 Å². The number of hydrogen-bond acceptors (Lipinski definition) is 2. The summed E-state index contributed by atoms with van der Waals surface area (Å²) in [5, 5.41) is 0. The number of carbonyl (C=O) groups is 1. The smallest absolute Gasteiger partial charge is 0.222 e. The highest BCUT2D eigenvalue weighted by molar-refractivity contribution is 5.76. The number of rotatable bonds is 3. The Hall–Kier alpha value is -2.13. The Morgan fingerprint density at radius 3 is 2.41 bits per heavy atom. The van der Waals surface area contributed by atoms with Crippen molar-refractivity contribution in [3.63, 3.8) is 0 Å². The lowest BCUT2D eigenvalue weighted by Crippen LogP contribution is -2.23. The van der Waals surface area contributed by atoms with Crippen molar-refractivity contribution in [1.29, 1.82) is 0 Å². The van der Waals surface area contributed by atoms with Crippen LogP contribution in [-0.4, -0.2) is 10.8 Å². The van der Waals surface area contributed by atoms with Crippen LogP contribution in [0, 0.1) is 6.92 Å². The molecule has 0 saturated heterocycles. The van der Waals surface area contributed by atoms with Crippen LogP contribution in [0.1, 0.15) is 47.2 Å². The van der Waals surface area contributed by atoms with E-state index in [1.807, 2.05) is 11.8 Å². The maximum atomic E-state index is 11.9. The van der Waals surface area contributed by atoms with E-state index in [0.29, 0.717) is 13.0 Å². The van der Waals surface area contributed by atoms with Gasteiger partial charge in [-0.25, -0.2) is 0 Å². The molecule has 2 N–H and O–H groups in total. The molecule has 0 radical (unpaired) electrons. The first-order chi connectivity index (χ1) is 10.6. The van der Waals surface area contributed by atoms with Crippen LogP contribution in [0.25, 0.3) is 0 Å². The molecule has 1 heterocycles. The second-order valence-electron chi connectivity index (χ2n) is 6.02. The van der Waals surface area contributed by atoms with Gasteiger partial charge in [0, 0.05) is 19.5 Å². The van der Waals surface area contributed by atoms with Crippen LogP contribution in [0.4, 0.5) is 0 Å². The lowest BCUT2D eigenvalue weighted by Gasteiger charge is -2.14. The molecular formula is C19H22N2O. The standard InChI is InChI=1S/C19H22N2O/c1-3-18(22)21-11-16-9-8-15(10-17(16)12-21)19(20)14-6-4-13(2)5-7-14/h4-10,19H,3,11-12,20H2,1-2H3. The first kappa shape index (κ1) is 14.8. The molecule has 3 rings (SSSR count). The third kappa shape index (κ3) is 2.77. The maximum Gasteiger partial charge on any atom is 0.222 e. The molecule has 0 aromatic heterocycles. The minimum absolute atomic E-state index is 0.123. The second kappa shape index (κ2) is 5.93. The topological polar surface area (TPSA) is 46.3 Å². The Morgan fingerprint density at radius 2 is 1.73 bits per heavy atom. The van der Waals surface area contributed by atoms with Gasteiger partial charge in [0.15, 0.2) is 0 Å². The fourth-order valence-electron chi connectivity index (χ4n) is 2.97. The normalized spacial score (nSPS) is 14.8. The van der Waals surface area contributed by atoms with Crippen molar-refractivity contribution in [2.75, 3.05) is 0 Å². The molecule has 1 aliphatic rings. The van der Waals surface area contributed by atoms with Gasteiger partial charge in [0.2, 0.25) is 5.91 Å². The van der Waals surface area contributed by atoms with Crippen molar-refractivity contribution in [2.45, 2.75) is 39.4 Å². The summed E-state index contributed by atoms with van der Waals surface area (Å²) in [6.45, 7) is 5.41. The van der Waals surface area contributed by atoms with Crippen LogP contribution < -0.4 is 5.73 Å². The summed E-state index contributed by atoms with van der Waals surface area (Å²) < 4.78 is 0. The summed E-state index contributed by atoms with van der Waals surface area (Å²) in [6.07, 6.45) is 0.559. The minimum Gasteiger partial charge on any atom is -0.334 e. The Morgan fingerprint density at radius 1 is 1.09 bits per heavy atom. The van der Waals surface area contributed by atoms with Crippen molar-refractivity contribution in [1.82, 2.24) is 4.90 Å². The van der Waals surface area contributed by atoms with Gasteiger partial charge >= 0.3 is 0 Å². The first-order valence-electron chi connectivity index (χ1n) is 7.80. The lowest BCUT2D eigenvalue weighted by atomic mass is 9.96. The summed E-state index contributed by atoms with van der Waals surface area (Å²) in [5.74, 6) is 0.209. The van der Waals surface area contributed by atoms with Crippen LogP contribution in [0.15, 0.2) is 42.5 Å². The van der Waals surface area contributed by atoms with Gasteiger partial charge in [0.25, 0.3) is 0 Å². The van der Waals surface area contributed by atoms with Gasteiger partial charge in [-0.1, -0.05) is 55.0 Å². The van der Waals surface area contributed by atoms with Crippen molar-refractivity contribution in [3.8, 4) is 0 Å². The van der Waals surface area contributed by atoms with Crippen molar-refractivity contribution < 1.29 is 4.79 Å². The van der Waals surface area contributed by atoms with Gasteiger partial charge in [0.05, 0.1) is 6.04 Å². The van der Waals surface area contributed by atoms with Crippen LogP contribution in [0.5, 0.6) is 0 Å². The van der Waals surface area contributed by atoms with E-state index in [4.69, 9.17) is 5.73 Å². The zero-order valence-electron chi connectivity index (χ0n) is 13.2. The average molecular weight is 294 g/mol. The number of fused-ring (bicyclic) bond motifs is 1. The number of nitrogens with zero attached hydrogens (tertiary/aromatic N) is 1. The zero-order valence-corrected chi connectivity index (χ0v) is 13.2. The van der Waals surface area contributed by atoms with Gasteiger partial charge in [-0.05, 0) is 29.2 Å². The molecule has 2 aromatic carbocycles. The number of carbonyl (C=O) groups excluding carboxylic acids is 1. The van der Waals surface area contributed by atoms with E-state index in [1.165, 1.54) is 16.7 Å². The Labute approximate surface area is 131 Å². The monoisotopic (exact) mass is 294 g/mol. The van der Waals surface area contributed by atoms with E-state index in [1.54, 1.807) is 0 Å². The molecule has 0 fully saturated rings. The molecule has 1 atom stereocenters. The van der Waals surface area contributed by atoms with E-state index < -0.39 is 0 Å². The average Bonchev–Trinajstić information content (AvgIpc) is 2.97. The van der Waals surface area contributed by atoms with Crippen LogP contribution in [0.3, 0.4) is 0 Å².